The Balaban J connectivity index is 1.63. The first-order valence-corrected chi connectivity index (χ1v) is 8.31. The van der Waals surface area contributed by atoms with Gasteiger partial charge in [-0.25, -0.2) is 4.98 Å². The van der Waals surface area contributed by atoms with Gasteiger partial charge in [-0.15, -0.1) is 0 Å². The molecule has 24 heavy (non-hydrogen) atoms. The number of carbonyl (C=O) groups excluding carboxylic acids is 1. The Bertz CT molecular complexity index is 815. The van der Waals surface area contributed by atoms with Gasteiger partial charge in [-0.2, -0.15) is 0 Å². The van der Waals surface area contributed by atoms with E-state index >= 15 is 0 Å². The Hall–Kier alpha value is -2.61. The molecule has 0 bridgehead atoms. The van der Waals surface area contributed by atoms with Crippen LogP contribution in [0.5, 0.6) is 0 Å². The molecule has 1 unspecified atom stereocenters. The molecule has 1 atom stereocenters. The third kappa shape index (κ3) is 4.02. The first-order chi connectivity index (χ1) is 11.6. The molecule has 0 aliphatic rings. The fourth-order valence-electron chi connectivity index (χ4n) is 2.06. The van der Waals surface area contributed by atoms with Gasteiger partial charge in [0, 0.05) is 24.7 Å². The predicted molar refractivity (Wildman–Crippen MR) is 90.8 cm³/mol. The molecular weight excluding hydrogens is 326 g/mol. The van der Waals surface area contributed by atoms with Crippen molar-refractivity contribution in [1.29, 1.82) is 0 Å². The molecule has 0 fully saturated rings. The minimum Gasteiger partial charge on any atom is -0.338 e. The number of nitrogens with zero attached hydrogens (tertiary/aromatic N) is 4. The van der Waals surface area contributed by atoms with Crippen molar-refractivity contribution < 1.29 is 9.32 Å². The Morgan fingerprint density at radius 2 is 2.25 bits per heavy atom. The van der Waals surface area contributed by atoms with E-state index in [-0.39, 0.29) is 11.2 Å². The SMILES string of the molecule is Cc1cc(NC(=O)C(C)Sc2nccn2Cc2ccccn2)on1. The maximum absolute atomic E-state index is 12.2. The molecule has 1 amide bonds. The number of hydrogen-bond donors (Lipinski definition) is 1. The Morgan fingerprint density at radius 1 is 1.38 bits per heavy atom. The molecule has 0 saturated carbocycles. The van der Waals surface area contributed by atoms with Crippen molar-refractivity contribution in [3.63, 3.8) is 0 Å². The van der Waals surface area contributed by atoms with Crippen LogP contribution in [0.3, 0.4) is 0 Å². The van der Waals surface area contributed by atoms with Gasteiger partial charge in [-0.05, 0) is 26.0 Å². The van der Waals surface area contributed by atoms with Crippen LogP contribution in [-0.2, 0) is 11.3 Å². The van der Waals surface area contributed by atoms with Crippen LogP contribution in [0.2, 0.25) is 0 Å². The summed E-state index contributed by atoms with van der Waals surface area (Å²) in [5.74, 6) is 0.185. The lowest BCUT2D eigenvalue weighted by Gasteiger charge is -2.11. The second-order valence-corrected chi connectivity index (χ2v) is 6.55. The van der Waals surface area contributed by atoms with Crippen molar-refractivity contribution in [2.75, 3.05) is 5.32 Å². The Morgan fingerprint density at radius 3 is 2.96 bits per heavy atom. The van der Waals surface area contributed by atoms with Gasteiger partial charge in [0.05, 0.1) is 23.2 Å². The zero-order chi connectivity index (χ0) is 16.9. The minimum absolute atomic E-state index is 0.163. The Labute approximate surface area is 143 Å². The predicted octanol–water partition coefficient (Wildman–Crippen LogP) is 2.74. The number of hydrogen-bond acceptors (Lipinski definition) is 6. The molecule has 0 aliphatic carbocycles. The van der Waals surface area contributed by atoms with Crippen LogP contribution < -0.4 is 5.32 Å². The van der Waals surface area contributed by atoms with Crippen molar-refractivity contribution in [1.82, 2.24) is 19.7 Å². The number of aryl methyl sites for hydroxylation is 1. The summed E-state index contributed by atoms with van der Waals surface area (Å²) in [7, 11) is 0. The first kappa shape index (κ1) is 16.3. The van der Waals surface area contributed by atoms with E-state index in [9.17, 15) is 4.79 Å². The molecule has 0 radical (unpaired) electrons. The van der Waals surface area contributed by atoms with Gasteiger partial charge in [-0.1, -0.05) is 23.0 Å². The largest absolute Gasteiger partial charge is 0.338 e. The molecule has 3 aromatic rings. The van der Waals surface area contributed by atoms with Gasteiger partial charge in [0.2, 0.25) is 11.8 Å². The summed E-state index contributed by atoms with van der Waals surface area (Å²) >= 11 is 1.38. The molecule has 0 aromatic carbocycles. The number of carbonyl (C=O) groups is 1. The maximum Gasteiger partial charge on any atom is 0.240 e. The van der Waals surface area contributed by atoms with Gasteiger partial charge in [-0.3, -0.25) is 15.1 Å². The highest BCUT2D eigenvalue weighted by atomic mass is 32.2. The average Bonchev–Trinajstić information content (AvgIpc) is 3.17. The number of amides is 1. The van der Waals surface area contributed by atoms with Gasteiger partial charge < -0.3 is 9.09 Å². The summed E-state index contributed by atoms with van der Waals surface area (Å²) < 4.78 is 6.97. The number of anilines is 1. The average molecular weight is 343 g/mol. The monoisotopic (exact) mass is 343 g/mol. The molecule has 0 saturated heterocycles. The van der Waals surface area contributed by atoms with Crippen LogP contribution in [-0.4, -0.2) is 30.8 Å². The van der Waals surface area contributed by atoms with Crippen molar-refractivity contribution in [3.05, 3.63) is 54.2 Å². The van der Waals surface area contributed by atoms with E-state index in [2.05, 4.69) is 20.4 Å². The molecule has 0 spiro atoms. The highest BCUT2D eigenvalue weighted by molar-refractivity contribution is 8.00. The second kappa shape index (κ2) is 7.31. The molecule has 3 rings (SSSR count). The molecular formula is C16H17N5O2S. The standard InChI is InChI=1S/C16H17N5O2S/c1-11-9-14(23-20-11)19-15(22)12(2)24-16-18-7-8-21(16)10-13-5-3-4-6-17-13/h3-9,12H,10H2,1-2H3,(H,19,22). The number of thioether (sulfide) groups is 1. The molecule has 8 heteroatoms. The molecule has 3 heterocycles. The molecule has 124 valence electrons. The normalized spacial score (nSPS) is 12.1. The number of aromatic nitrogens is 4. The van der Waals surface area contributed by atoms with Crippen molar-refractivity contribution in [2.24, 2.45) is 0 Å². The summed E-state index contributed by atoms with van der Waals surface area (Å²) in [5.41, 5.74) is 1.66. The van der Waals surface area contributed by atoms with Crippen molar-refractivity contribution in [2.45, 2.75) is 30.8 Å². The smallest absolute Gasteiger partial charge is 0.240 e. The summed E-state index contributed by atoms with van der Waals surface area (Å²) in [4.78, 5) is 20.9. The maximum atomic E-state index is 12.2. The highest BCUT2D eigenvalue weighted by Gasteiger charge is 2.19. The lowest BCUT2D eigenvalue weighted by atomic mass is 10.3. The fourth-order valence-corrected chi connectivity index (χ4v) is 2.92. The topological polar surface area (TPSA) is 85.8 Å². The fraction of sp³-hybridized carbons (Fsp3) is 0.250. The van der Waals surface area contributed by atoms with Crippen molar-refractivity contribution >= 4 is 23.6 Å². The minimum atomic E-state index is -0.333. The Kier molecular flexibility index (Phi) is 4.95. The van der Waals surface area contributed by atoms with E-state index in [1.165, 1.54) is 11.8 Å². The zero-order valence-corrected chi connectivity index (χ0v) is 14.2. The molecule has 3 aromatic heterocycles. The van der Waals surface area contributed by atoms with E-state index < -0.39 is 0 Å². The van der Waals surface area contributed by atoms with Gasteiger partial charge in [0.1, 0.15) is 0 Å². The zero-order valence-electron chi connectivity index (χ0n) is 13.3. The van der Waals surface area contributed by atoms with Crippen LogP contribution in [0.25, 0.3) is 0 Å². The van der Waals surface area contributed by atoms with Gasteiger partial charge in [0.15, 0.2) is 5.16 Å². The van der Waals surface area contributed by atoms with Gasteiger partial charge in [0.25, 0.3) is 0 Å². The third-order valence-electron chi connectivity index (χ3n) is 3.26. The first-order valence-electron chi connectivity index (χ1n) is 7.43. The summed E-state index contributed by atoms with van der Waals surface area (Å²) in [6.45, 7) is 4.23. The number of imidazole rings is 1. The van der Waals surface area contributed by atoms with E-state index in [0.717, 1.165) is 16.5 Å². The lowest BCUT2D eigenvalue weighted by molar-refractivity contribution is -0.115. The van der Waals surface area contributed by atoms with Gasteiger partial charge >= 0.3 is 0 Å². The summed E-state index contributed by atoms with van der Waals surface area (Å²) in [6.07, 6.45) is 5.35. The van der Waals surface area contributed by atoms with Crippen molar-refractivity contribution in [3.8, 4) is 0 Å². The molecule has 1 N–H and O–H groups in total. The van der Waals surface area contributed by atoms with E-state index in [1.807, 2.05) is 35.9 Å². The van der Waals surface area contributed by atoms with Crippen LogP contribution in [0.1, 0.15) is 18.3 Å². The van der Waals surface area contributed by atoms with E-state index in [0.29, 0.717) is 12.4 Å². The van der Waals surface area contributed by atoms with Crippen LogP contribution in [0.4, 0.5) is 5.88 Å². The number of nitrogens with one attached hydrogen (secondary N) is 1. The van der Waals surface area contributed by atoms with E-state index in [1.54, 1.807) is 25.4 Å². The second-order valence-electron chi connectivity index (χ2n) is 5.24. The summed E-state index contributed by atoms with van der Waals surface area (Å²) in [6, 6.07) is 7.46. The van der Waals surface area contributed by atoms with Crippen LogP contribution >= 0.6 is 11.8 Å². The lowest BCUT2D eigenvalue weighted by Crippen LogP contribution is -2.22. The molecule has 7 nitrogen and oxygen atoms in total. The van der Waals surface area contributed by atoms with Crippen LogP contribution in [0.15, 0.2) is 52.5 Å². The number of pyridine rings is 1. The quantitative estimate of drug-likeness (QED) is 0.693. The van der Waals surface area contributed by atoms with E-state index in [4.69, 9.17) is 4.52 Å². The number of rotatable bonds is 6. The molecule has 0 aliphatic heterocycles. The van der Waals surface area contributed by atoms with Crippen LogP contribution in [0, 0.1) is 6.92 Å². The highest BCUT2D eigenvalue weighted by Crippen LogP contribution is 2.23. The third-order valence-corrected chi connectivity index (χ3v) is 4.38. The summed E-state index contributed by atoms with van der Waals surface area (Å²) in [5, 5.41) is 6.88.